The smallest absolute Gasteiger partial charge is 0.322 e. The van der Waals surface area contributed by atoms with Crippen molar-refractivity contribution in [2.75, 3.05) is 40.1 Å². The fourth-order valence-electron chi connectivity index (χ4n) is 5.64. The first-order chi connectivity index (χ1) is 18.1. The van der Waals surface area contributed by atoms with Crippen molar-refractivity contribution in [2.24, 2.45) is 22.7 Å². The monoisotopic (exact) mass is 613 g/mol. The predicted molar refractivity (Wildman–Crippen MR) is 145 cm³/mol. The molecule has 39 heavy (non-hydrogen) atoms. The van der Waals surface area contributed by atoms with Gasteiger partial charge in [0.2, 0.25) is 5.91 Å². The maximum Gasteiger partial charge on any atom is 0.322 e. The first kappa shape index (κ1) is 31.3. The molecule has 2 fully saturated rings. The Bertz CT molecular complexity index is 1040. The van der Waals surface area contributed by atoms with Gasteiger partial charge in [0.05, 0.1) is 43.5 Å². The summed E-state index contributed by atoms with van der Waals surface area (Å²) in [7, 11) is 1.54. The minimum absolute atomic E-state index is 0.00441. The molecule has 10 nitrogen and oxygen atoms in total. The molecule has 6 atom stereocenters. The summed E-state index contributed by atoms with van der Waals surface area (Å²) >= 11 is 3.28. The second-order valence-electron chi connectivity index (χ2n) is 11.6. The predicted octanol–water partition coefficient (Wildman–Crippen LogP) is 2.87. The van der Waals surface area contributed by atoms with Crippen molar-refractivity contribution in [3.8, 4) is 0 Å². The van der Waals surface area contributed by atoms with E-state index in [4.69, 9.17) is 23.7 Å². The van der Waals surface area contributed by atoms with Gasteiger partial charge >= 0.3 is 11.9 Å². The van der Waals surface area contributed by atoms with E-state index in [2.05, 4.69) is 27.8 Å². The van der Waals surface area contributed by atoms with Crippen LogP contribution in [0.4, 0.5) is 0 Å². The molecule has 2 aliphatic carbocycles. The fourth-order valence-corrected chi connectivity index (χ4v) is 5.75. The Kier molecular flexibility index (Phi) is 9.09. The van der Waals surface area contributed by atoms with Crippen LogP contribution in [0.3, 0.4) is 0 Å². The molecule has 1 spiro atoms. The average Bonchev–Trinajstić information content (AvgIpc) is 3.50. The van der Waals surface area contributed by atoms with Crippen molar-refractivity contribution >= 4 is 40.1 Å². The molecule has 1 heterocycles. The van der Waals surface area contributed by atoms with E-state index < -0.39 is 50.1 Å². The zero-order valence-corrected chi connectivity index (χ0v) is 25.2. The van der Waals surface area contributed by atoms with E-state index in [-0.39, 0.29) is 45.3 Å². The van der Waals surface area contributed by atoms with Crippen LogP contribution < -0.4 is 5.32 Å². The van der Waals surface area contributed by atoms with Crippen LogP contribution in [0.2, 0.25) is 0 Å². The van der Waals surface area contributed by atoms with E-state index in [0.717, 1.165) is 6.29 Å². The Hall–Kier alpha value is -2.24. The number of rotatable bonds is 16. The lowest BCUT2D eigenvalue weighted by molar-refractivity contribution is -0.150. The van der Waals surface area contributed by atoms with Crippen LogP contribution in [0.1, 0.15) is 47.5 Å². The van der Waals surface area contributed by atoms with E-state index in [0.29, 0.717) is 12.2 Å². The van der Waals surface area contributed by atoms with Crippen LogP contribution in [-0.2, 0) is 42.9 Å². The second kappa shape index (κ2) is 11.3. The Morgan fingerprint density at radius 2 is 1.77 bits per heavy atom. The number of amides is 1. The van der Waals surface area contributed by atoms with E-state index in [9.17, 15) is 19.2 Å². The Morgan fingerprint density at radius 1 is 1.10 bits per heavy atom. The zero-order chi connectivity index (χ0) is 29.3. The first-order valence-electron chi connectivity index (χ1n) is 13.1. The fraction of sp³-hybridized carbons (Fsp3) is 0.714. The molecule has 1 amide bonds. The maximum absolute atomic E-state index is 12.9. The van der Waals surface area contributed by atoms with Crippen LogP contribution in [0.15, 0.2) is 24.5 Å². The van der Waals surface area contributed by atoms with Crippen LogP contribution in [0.25, 0.3) is 0 Å². The standard InChI is InChI=1S/C28H40BrNO9/c1-18(25(4,16-35-7)17-38-23(34)24(2,3)29)36-13-8-14-37-20(32)9-12-30-22(33)21-19(15-31)27(6)28(39-27)11-10-26(21,28)5/h10-11,15,19,21H,1,8-9,12-14,16-17H2,2-7H3,(H,30,33). The molecule has 0 aromatic heterocycles. The zero-order valence-electron chi connectivity index (χ0n) is 23.6. The lowest BCUT2D eigenvalue weighted by Crippen LogP contribution is -2.49. The molecular weight excluding hydrogens is 574 g/mol. The molecule has 11 heteroatoms. The van der Waals surface area contributed by atoms with Gasteiger partial charge in [-0.15, -0.1) is 0 Å². The Morgan fingerprint density at radius 3 is 2.33 bits per heavy atom. The van der Waals surface area contributed by atoms with Gasteiger partial charge in [0.15, 0.2) is 0 Å². The molecule has 0 bridgehead atoms. The molecule has 3 rings (SSSR count). The first-order valence-corrected chi connectivity index (χ1v) is 13.9. The number of esters is 2. The summed E-state index contributed by atoms with van der Waals surface area (Å²) in [6.07, 6.45) is 5.10. The van der Waals surface area contributed by atoms with Crippen molar-refractivity contribution in [1.82, 2.24) is 5.32 Å². The highest BCUT2D eigenvalue weighted by molar-refractivity contribution is 9.10. The van der Waals surface area contributed by atoms with Crippen LogP contribution >= 0.6 is 15.9 Å². The minimum atomic E-state index is -0.813. The number of hydrogen-bond acceptors (Lipinski definition) is 9. The summed E-state index contributed by atoms with van der Waals surface area (Å²) in [4.78, 5) is 49.0. The van der Waals surface area contributed by atoms with Crippen LogP contribution in [0.5, 0.6) is 0 Å². The molecule has 218 valence electrons. The number of hydrogen-bond donors (Lipinski definition) is 1. The highest BCUT2D eigenvalue weighted by Crippen LogP contribution is 2.77. The van der Waals surface area contributed by atoms with Crippen LogP contribution in [0, 0.1) is 22.7 Å². The number of nitrogens with one attached hydrogen (secondary N) is 1. The highest BCUT2D eigenvalue weighted by atomic mass is 79.9. The van der Waals surface area contributed by atoms with Gasteiger partial charge in [-0.05, 0) is 27.7 Å². The third kappa shape index (κ3) is 5.67. The van der Waals surface area contributed by atoms with Gasteiger partial charge in [0, 0.05) is 25.5 Å². The van der Waals surface area contributed by atoms with Crippen molar-refractivity contribution in [3.05, 3.63) is 24.5 Å². The van der Waals surface area contributed by atoms with Crippen molar-refractivity contribution in [1.29, 1.82) is 0 Å². The molecule has 1 aliphatic heterocycles. The Balaban J connectivity index is 1.34. The summed E-state index contributed by atoms with van der Waals surface area (Å²) < 4.78 is 26.7. The van der Waals surface area contributed by atoms with E-state index in [1.54, 1.807) is 13.8 Å². The molecule has 1 saturated carbocycles. The number of alkyl halides is 1. The van der Waals surface area contributed by atoms with Crippen LogP contribution in [-0.4, -0.2) is 79.7 Å². The molecule has 0 aromatic rings. The SMILES string of the molecule is C=C(OCCCOC(=O)CCNC(=O)C1C(C=O)C2(C)OC23C=CC13C)C(C)(COC)COC(=O)C(C)(C)Br. The lowest BCUT2D eigenvalue weighted by Gasteiger charge is -2.40. The van der Waals surface area contributed by atoms with Gasteiger partial charge in [-0.2, -0.15) is 0 Å². The summed E-state index contributed by atoms with van der Waals surface area (Å²) in [6.45, 7) is 13.7. The molecule has 3 aliphatic rings. The summed E-state index contributed by atoms with van der Waals surface area (Å²) in [5.74, 6) is -1.82. The second-order valence-corrected chi connectivity index (χ2v) is 13.6. The quantitative estimate of drug-likeness (QED) is 0.0531. The highest BCUT2D eigenvalue weighted by Gasteiger charge is 2.88. The van der Waals surface area contributed by atoms with Crippen molar-refractivity contribution < 1.29 is 42.9 Å². The van der Waals surface area contributed by atoms with E-state index in [1.807, 2.05) is 32.9 Å². The summed E-state index contributed by atoms with van der Waals surface area (Å²) in [6, 6.07) is 0. The van der Waals surface area contributed by atoms with E-state index >= 15 is 0 Å². The number of halogens is 1. The molecule has 0 aromatic carbocycles. The van der Waals surface area contributed by atoms with Gasteiger partial charge < -0.3 is 33.8 Å². The number of ether oxygens (including phenoxy) is 5. The third-order valence-electron chi connectivity index (χ3n) is 8.20. The number of aldehydes is 1. The van der Waals surface area contributed by atoms with Gasteiger partial charge in [-0.3, -0.25) is 14.4 Å². The normalized spacial score (nSPS) is 31.6. The van der Waals surface area contributed by atoms with E-state index in [1.165, 1.54) is 7.11 Å². The summed E-state index contributed by atoms with van der Waals surface area (Å²) in [5, 5.41) is 2.78. The topological polar surface area (TPSA) is 130 Å². The Labute approximate surface area is 238 Å². The molecule has 6 unspecified atom stereocenters. The lowest BCUT2D eigenvalue weighted by atomic mass is 9.63. The number of carbonyl (C=O) groups is 4. The number of epoxide rings is 1. The van der Waals surface area contributed by atoms with Gasteiger partial charge in [-0.25, -0.2) is 0 Å². The number of carbonyl (C=O) groups excluding carboxylic acids is 4. The molecular formula is C28H40BrNO9. The largest absolute Gasteiger partial charge is 0.498 e. The molecule has 1 N–H and O–H groups in total. The van der Waals surface area contributed by atoms with Crippen molar-refractivity contribution in [2.45, 2.75) is 63.0 Å². The van der Waals surface area contributed by atoms with Gasteiger partial charge in [-0.1, -0.05) is 41.6 Å². The summed E-state index contributed by atoms with van der Waals surface area (Å²) in [5.41, 5.74) is -2.48. The molecule has 1 saturated heterocycles. The molecule has 0 radical (unpaired) electrons. The third-order valence-corrected chi connectivity index (χ3v) is 8.53. The number of methoxy groups -OCH3 is 1. The average molecular weight is 615 g/mol. The maximum atomic E-state index is 12.9. The van der Waals surface area contributed by atoms with Gasteiger partial charge in [0.1, 0.15) is 34.2 Å². The van der Waals surface area contributed by atoms with Crippen molar-refractivity contribution in [3.63, 3.8) is 0 Å². The van der Waals surface area contributed by atoms with Gasteiger partial charge in [0.25, 0.3) is 0 Å². The minimum Gasteiger partial charge on any atom is -0.498 e.